The summed E-state index contributed by atoms with van der Waals surface area (Å²) < 4.78 is 0. The molecule has 130 valence electrons. The number of allylic oxidation sites excluding steroid dienone is 2. The Morgan fingerprint density at radius 2 is 1.74 bits per heavy atom. The van der Waals surface area contributed by atoms with Crippen LogP contribution in [0.4, 0.5) is 0 Å². The van der Waals surface area contributed by atoms with Crippen molar-refractivity contribution in [2.75, 3.05) is 0 Å². The third-order valence-corrected chi connectivity index (χ3v) is 7.39. The first-order valence-corrected chi connectivity index (χ1v) is 8.97. The molecule has 0 bridgehead atoms. The predicted molar refractivity (Wildman–Crippen MR) is 91.7 cm³/mol. The average molecular weight is 320 g/mol. The number of fused-ring (bicyclic) bond motifs is 3. The number of hydrogen-bond acceptors (Lipinski definition) is 3. The first-order valence-electron chi connectivity index (χ1n) is 8.97. The highest BCUT2D eigenvalue weighted by Gasteiger charge is 2.63. The molecule has 0 spiro atoms. The molecule has 0 aromatic carbocycles. The minimum atomic E-state index is -0.831. The van der Waals surface area contributed by atoms with E-state index < -0.39 is 18.3 Å². The van der Waals surface area contributed by atoms with Crippen LogP contribution < -0.4 is 0 Å². The minimum Gasteiger partial charge on any atom is -0.393 e. The Labute approximate surface area is 140 Å². The van der Waals surface area contributed by atoms with E-state index in [1.807, 2.05) is 6.08 Å². The summed E-state index contributed by atoms with van der Waals surface area (Å²) in [6.45, 7) is 12.5. The van der Waals surface area contributed by atoms with Crippen LogP contribution in [-0.4, -0.2) is 33.6 Å². The van der Waals surface area contributed by atoms with Crippen LogP contribution in [0.25, 0.3) is 0 Å². The minimum absolute atomic E-state index is 0.0842. The molecule has 3 rings (SSSR count). The molecule has 0 saturated heterocycles. The lowest BCUT2D eigenvalue weighted by molar-refractivity contribution is -0.205. The summed E-state index contributed by atoms with van der Waals surface area (Å²) in [7, 11) is 0. The highest BCUT2D eigenvalue weighted by atomic mass is 16.3. The molecular formula is C20H32O3. The van der Waals surface area contributed by atoms with E-state index in [0.29, 0.717) is 0 Å². The average Bonchev–Trinajstić information content (AvgIpc) is 2.49. The molecule has 2 fully saturated rings. The number of aliphatic hydroxyl groups is 3. The van der Waals surface area contributed by atoms with E-state index in [1.165, 1.54) is 0 Å². The fraction of sp³-hybridized carbons (Fsp3) is 0.800. The van der Waals surface area contributed by atoms with E-state index in [1.54, 1.807) is 0 Å². The van der Waals surface area contributed by atoms with Crippen LogP contribution in [0.5, 0.6) is 0 Å². The standard InChI is InChI=1S/C20H32O3/c1-6-19(4)10-7-13-12(11-19)15(22)16(23)17-18(2,3)9-8-14(21)20(13,17)5/h6,11,13-17,21-23H,1,7-10H2,2-5H3/t13-,14-,15-,16+,17-,19-,20-/m0/s1. The van der Waals surface area contributed by atoms with Gasteiger partial charge in [0.1, 0.15) is 6.10 Å². The van der Waals surface area contributed by atoms with Crippen molar-refractivity contribution in [3.8, 4) is 0 Å². The van der Waals surface area contributed by atoms with E-state index in [9.17, 15) is 15.3 Å². The van der Waals surface area contributed by atoms with E-state index in [0.717, 1.165) is 31.3 Å². The Kier molecular flexibility index (Phi) is 3.87. The molecule has 23 heavy (non-hydrogen) atoms. The zero-order valence-corrected chi connectivity index (χ0v) is 14.9. The monoisotopic (exact) mass is 320 g/mol. The lowest BCUT2D eigenvalue weighted by atomic mass is 9.43. The van der Waals surface area contributed by atoms with Crippen molar-refractivity contribution >= 4 is 0 Å². The van der Waals surface area contributed by atoms with Gasteiger partial charge in [0.15, 0.2) is 0 Å². The van der Waals surface area contributed by atoms with E-state index in [4.69, 9.17) is 0 Å². The van der Waals surface area contributed by atoms with Gasteiger partial charge in [0.05, 0.1) is 12.2 Å². The summed E-state index contributed by atoms with van der Waals surface area (Å²) in [6, 6.07) is 0. The molecule has 3 heteroatoms. The molecule has 3 aliphatic rings. The van der Waals surface area contributed by atoms with Gasteiger partial charge < -0.3 is 15.3 Å². The molecule has 3 aliphatic carbocycles. The molecule has 3 N–H and O–H groups in total. The summed E-state index contributed by atoms with van der Waals surface area (Å²) >= 11 is 0. The maximum absolute atomic E-state index is 10.9. The molecule has 0 aromatic heterocycles. The summed E-state index contributed by atoms with van der Waals surface area (Å²) in [6.07, 6.45) is 5.52. The van der Waals surface area contributed by atoms with Crippen LogP contribution in [0.1, 0.15) is 53.4 Å². The van der Waals surface area contributed by atoms with Crippen LogP contribution in [0.3, 0.4) is 0 Å². The normalized spacial score (nSPS) is 52.1. The van der Waals surface area contributed by atoms with Crippen LogP contribution in [-0.2, 0) is 0 Å². The fourth-order valence-corrected chi connectivity index (χ4v) is 5.98. The van der Waals surface area contributed by atoms with E-state index in [2.05, 4.69) is 40.3 Å². The fourth-order valence-electron chi connectivity index (χ4n) is 5.98. The Morgan fingerprint density at radius 3 is 2.35 bits per heavy atom. The second-order valence-electron chi connectivity index (χ2n) is 9.27. The molecule has 7 atom stereocenters. The van der Waals surface area contributed by atoms with Crippen molar-refractivity contribution in [2.24, 2.45) is 28.1 Å². The van der Waals surface area contributed by atoms with Gasteiger partial charge in [0.25, 0.3) is 0 Å². The molecule has 0 radical (unpaired) electrons. The Bertz CT molecular complexity index is 537. The Morgan fingerprint density at radius 1 is 1.09 bits per heavy atom. The van der Waals surface area contributed by atoms with Crippen LogP contribution in [0.15, 0.2) is 24.3 Å². The largest absolute Gasteiger partial charge is 0.393 e. The maximum Gasteiger partial charge on any atom is 0.101 e. The quantitative estimate of drug-likeness (QED) is 0.651. The third kappa shape index (κ3) is 2.27. The van der Waals surface area contributed by atoms with Crippen LogP contribution in [0, 0.1) is 28.1 Å². The molecule has 2 saturated carbocycles. The SMILES string of the molecule is C=C[C@]1(C)C=C2[C@H](O)[C@@H](O)[C@H]3C(C)(C)CC[C@H](O)[C@]3(C)[C@H]2CC1. The smallest absolute Gasteiger partial charge is 0.101 e. The first kappa shape index (κ1) is 17.2. The van der Waals surface area contributed by atoms with Gasteiger partial charge in [0, 0.05) is 16.7 Å². The lowest BCUT2D eigenvalue weighted by Crippen LogP contribution is -2.65. The predicted octanol–water partition coefficient (Wildman–Crippen LogP) is 3.05. The maximum atomic E-state index is 10.9. The van der Waals surface area contributed by atoms with Gasteiger partial charge in [0.2, 0.25) is 0 Å². The van der Waals surface area contributed by atoms with Crippen LogP contribution in [0.2, 0.25) is 0 Å². The van der Waals surface area contributed by atoms with Gasteiger partial charge in [-0.05, 0) is 42.6 Å². The highest BCUT2D eigenvalue weighted by Crippen LogP contribution is 2.63. The summed E-state index contributed by atoms with van der Waals surface area (Å²) in [4.78, 5) is 0. The van der Waals surface area contributed by atoms with Gasteiger partial charge >= 0.3 is 0 Å². The second kappa shape index (κ2) is 5.18. The summed E-state index contributed by atoms with van der Waals surface area (Å²) in [5.74, 6) is 0.0393. The zero-order valence-electron chi connectivity index (χ0n) is 14.9. The molecular weight excluding hydrogens is 288 g/mol. The van der Waals surface area contributed by atoms with Crippen molar-refractivity contribution in [2.45, 2.75) is 71.7 Å². The first-order chi connectivity index (χ1) is 10.6. The molecule has 0 heterocycles. The van der Waals surface area contributed by atoms with Crippen molar-refractivity contribution in [3.05, 3.63) is 24.3 Å². The van der Waals surface area contributed by atoms with Gasteiger partial charge in [-0.1, -0.05) is 39.8 Å². The Hall–Kier alpha value is -0.640. The van der Waals surface area contributed by atoms with Gasteiger partial charge in [-0.3, -0.25) is 0 Å². The molecule has 0 aliphatic heterocycles. The lowest BCUT2D eigenvalue weighted by Gasteiger charge is -2.63. The van der Waals surface area contributed by atoms with E-state index >= 15 is 0 Å². The number of aliphatic hydroxyl groups excluding tert-OH is 3. The Balaban J connectivity index is 2.14. The molecule has 0 amide bonds. The summed E-state index contributed by atoms with van der Waals surface area (Å²) in [5.41, 5.74) is 0.320. The van der Waals surface area contributed by atoms with Crippen molar-refractivity contribution in [1.82, 2.24) is 0 Å². The van der Waals surface area contributed by atoms with E-state index in [-0.39, 0.29) is 28.1 Å². The second-order valence-corrected chi connectivity index (χ2v) is 9.27. The van der Waals surface area contributed by atoms with Crippen molar-refractivity contribution in [1.29, 1.82) is 0 Å². The summed E-state index contributed by atoms with van der Waals surface area (Å²) in [5, 5.41) is 32.7. The molecule has 3 nitrogen and oxygen atoms in total. The zero-order chi connectivity index (χ0) is 17.2. The third-order valence-electron chi connectivity index (χ3n) is 7.39. The van der Waals surface area contributed by atoms with Crippen LogP contribution >= 0.6 is 0 Å². The van der Waals surface area contributed by atoms with Gasteiger partial charge in [-0.25, -0.2) is 0 Å². The molecule has 0 unspecified atom stereocenters. The van der Waals surface area contributed by atoms with Crippen molar-refractivity contribution in [3.63, 3.8) is 0 Å². The van der Waals surface area contributed by atoms with Crippen molar-refractivity contribution < 1.29 is 15.3 Å². The number of rotatable bonds is 1. The van der Waals surface area contributed by atoms with Gasteiger partial charge in [-0.15, -0.1) is 6.58 Å². The van der Waals surface area contributed by atoms with Gasteiger partial charge in [-0.2, -0.15) is 0 Å². The molecule has 0 aromatic rings. The number of hydrogen-bond donors (Lipinski definition) is 3. The topological polar surface area (TPSA) is 60.7 Å². The highest BCUT2D eigenvalue weighted by molar-refractivity contribution is 5.32.